The Morgan fingerprint density at radius 2 is 2.27 bits per heavy atom. The van der Waals surface area contributed by atoms with Crippen molar-refractivity contribution in [3.63, 3.8) is 0 Å². The van der Waals surface area contributed by atoms with E-state index in [9.17, 15) is 4.79 Å². The van der Waals surface area contributed by atoms with Crippen LogP contribution in [0.4, 0.5) is 0 Å². The molecule has 1 atom stereocenters. The molecule has 0 spiro atoms. The molecule has 122 valence electrons. The van der Waals surface area contributed by atoms with Crippen molar-refractivity contribution < 1.29 is 14.3 Å². The summed E-state index contributed by atoms with van der Waals surface area (Å²) in [7, 11) is 1.58. The van der Waals surface area contributed by atoms with Gasteiger partial charge in [-0.25, -0.2) is 0 Å². The first-order chi connectivity index (χ1) is 10.6. The van der Waals surface area contributed by atoms with Gasteiger partial charge in [-0.1, -0.05) is 6.92 Å². The fraction of sp³-hybridized carbons (Fsp3) is 0.562. The summed E-state index contributed by atoms with van der Waals surface area (Å²) in [6, 6.07) is 3.54. The van der Waals surface area contributed by atoms with E-state index in [4.69, 9.17) is 15.2 Å². The van der Waals surface area contributed by atoms with Gasteiger partial charge in [-0.3, -0.25) is 4.79 Å². The molecule has 0 saturated carbocycles. The van der Waals surface area contributed by atoms with Gasteiger partial charge in [-0.05, 0) is 53.4 Å². The lowest BCUT2D eigenvalue weighted by molar-refractivity contribution is 0.0787. The minimum absolute atomic E-state index is 0.0111. The van der Waals surface area contributed by atoms with Crippen LogP contribution in [0, 0.1) is 5.92 Å². The lowest BCUT2D eigenvalue weighted by Gasteiger charge is -2.18. The Labute approximate surface area is 139 Å². The van der Waals surface area contributed by atoms with E-state index in [0.29, 0.717) is 36.1 Å². The standard InChI is InChI=1S/C16H23BrN2O3/c1-3-6-22-15-13(17)7-12(8-14(15)21-2)16(20)19-5-4-11(9-18)10-19/h7-8,11H,3-6,9-10,18H2,1-2H3/t11-/m0/s1. The number of carbonyl (C=O) groups excluding carboxylic acids is 1. The quantitative estimate of drug-likeness (QED) is 0.835. The molecule has 1 aliphatic rings. The molecule has 1 aromatic rings. The molecule has 1 fully saturated rings. The first-order valence-corrected chi connectivity index (χ1v) is 8.39. The van der Waals surface area contributed by atoms with Gasteiger partial charge in [0.25, 0.3) is 5.91 Å². The molecular formula is C16H23BrN2O3. The number of rotatable bonds is 6. The average molecular weight is 371 g/mol. The Bertz CT molecular complexity index is 536. The second kappa shape index (κ2) is 7.83. The lowest BCUT2D eigenvalue weighted by Crippen LogP contribution is -2.29. The molecule has 6 heteroatoms. The summed E-state index contributed by atoms with van der Waals surface area (Å²) in [4.78, 5) is 14.5. The monoisotopic (exact) mass is 370 g/mol. The van der Waals surface area contributed by atoms with Crippen LogP contribution in [0.2, 0.25) is 0 Å². The summed E-state index contributed by atoms with van der Waals surface area (Å²) >= 11 is 3.48. The van der Waals surface area contributed by atoms with Crippen molar-refractivity contribution in [3.05, 3.63) is 22.2 Å². The van der Waals surface area contributed by atoms with E-state index in [0.717, 1.165) is 30.4 Å². The number of ether oxygens (including phenoxy) is 2. The number of hydrogen-bond donors (Lipinski definition) is 1. The molecule has 1 heterocycles. The Hall–Kier alpha value is -1.27. The first-order valence-electron chi connectivity index (χ1n) is 7.60. The third kappa shape index (κ3) is 3.73. The molecule has 1 aromatic carbocycles. The minimum atomic E-state index is 0.0111. The van der Waals surface area contributed by atoms with E-state index in [1.54, 1.807) is 19.2 Å². The van der Waals surface area contributed by atoms with Crippen LogP contribution in [0.5, 0.6) is 11.5 Å². The minimum Gasteiger partial charge on any atom is -0.493 e. The first kappa shape index (κ1) is 17.1. The summed E-state index contributed by atoms with van der Waals surface area (Å²) in [5, 5.41) is 0. The van der Waals surface area contributed by atoms with E-state index in [1.807, 2.05) is 11.8 Å². The molecule has 1 amide bonds. The molecule has 0 bridgehead atoms. The zero-order chi connectivity index (χ0) is 16.1. The summed E-state index contributed by atoms with van der Waals surface area (Å²) in [5.74, 6) is 1.63. The van der Waals surface area contributed by atoms with E-state index in [2.05, 4.69) is 15.9 Å². The predicted molar refractivity (Wildman–Crippen MR) is 89.5 cm³/mol. The molecular weight excluding hydrogens is 348 g/mol. The molecule has 0 aromatic heterocycles. The van der Waals surface area contributed by atoms with Crippen LogP contribution < -0.4 is 15.2 Å². The second-order valence-corrected chi connectivity index (χ2v) is 6.33. The lowest BCUT2D eigenvalue weighted by atomic mass is 10.1. The van der Waals surface area contributed by atoms with Gasteiger partial charge in [0.2, 0.25) is 0 Å². The van der Waals surface area contributed by atoms with Crippen molar-refractivity contribution >= 4 is 21.8 Å². The van der Waals surface area contributed by atoms with Crippen molar-refractivity contribution in [2.24, 2.45) is 11.7 Å². The fourth-order valence-corrected chi connectivity index (χ4v) is 3.14. The maximum Gasteiger partial charge on any atom is 0.254 e. The molecule has 1 saturated heterocycles. The Morgan fingerprint density at radius 3 is 2.86 bits per heavy atom. The van der Waals surface area contributed by atoms with Gasteiger partial charge in [0.15, 0.2) is 11.5 Å². The van der Waals surface area contributed by atoms with E-state index in [-0.39, 0.29) is 5.91 Å². The molecule has 2 rings (SSSR count). The van der Waals surface area contributed by atoms with Crippen molar-refractivity contribution in [3.8, 4) is 11.5 Å². The van der Waals surface area contributed by atoms with E-state index in [1.165, 1.54) is 0 Å². The molecule has 0 radical (unpaired) electrons. The molecule has 2 N–H and O–H groups in total. The zero-order valence-corrected chi connectivity index (χ0v) is 14.7. The third-order valence-corrected chi connectivity index (χ3v) is 4.42. The number of likely N-dealkylation sites (tertiary alicyclic amines) is 1. The van der Waals surface area contributed by atoms with Gasteiger partial charge in [0, 0.05) is 18.7 Å². The van der Waals surface area contributed by atoms with Crippen molar-refractivity contribution in [1.82, 2.24) is 4.90 Å². The van der Waals surface area contributed by atoms with E-state index < -0.39 is 0 Å². The number of benzene rings is 1. The van der Waals surface area contributed by atoms with Crippen LogP contribution >= 0.6 is 15.9 Å². The highest BCUT2D eigenvalue weighted by Gasteiger charge is 2.27. The summed E-state index contributed by atoms with van der Waals surface area (Å²) in [6.45, 7) is 4.75. The number of hydrogen-bond acceptors (Lipinski definition) is 4. The number of methoxy groups -OCH3 is 1. The second-order valence-electron chi connectivity index (χ2n) is 5.48. The maximum atomic E-state index is 12.6. The van der Waals surface area contributed by atoms with Crippen LogP contribution in [0.1, 0.15) is 30.1 Å². The van der Waals surface area contributed by atoms with Crippen molar-refractivity contribution in [2.75, 3.05) is 33.4 Å². The highest BCUT2D eigenvalue weighted by molar-refractivity contribution is 9.10. The van der Waals surface area contributed by atoms with Gasteiger partial charge in [0.1, 0.15) is 0 Å². The number of halogens is 1. The molecule has 22 heavy (non-hydrogen) atoms. The van der Waals surface area contributed by atoms with Crippen molar-refractivity contribution in [2.45, 2.75) is 19.8 Å². The number of amides is 1. The Morgan fingerprint density at radius 1 is 1.50 bits per heavy atom. The smallest absolute Gasteiger partial charge is 0.254 e. The SMILES string of the molecule is CCCOc1c(Br)cc(C(=O)N2CC[C@@H](CN)C2)cc1OC. The van der Waals surface area contributed by atoms with Gasteiger partial charge in [-0.2, -0.15) is 0 Å². The normalized spacial score (nSPS) is 17.6. The zero-order valence-electron chi connectivity index (χ0n) is 13.1. The Balaban J connectivity index is 2.21. The molecule has 0 unspecified atom stereocenters. The molecule has 1 aliphatic heterocycles. The predicted octanol–water partition coefficient (Wildman–Crippen LogP) is 2.67. The van der Waals surface area contributed by atoms with Gasteiger partial charge < -0.3 is 20.1 Å². The highest BCUT2D eigenvalue weighted by Crippen LogP contribution is 2.37. The Kier molecular flexibility index (Phi) is 6.08. The van der Waals surface area contributed by atoms with Gasteiger partial charge >= 0.3 is 0 Å². The van der Waals surface area contributed by atoms with Gasteiger partial charge in [0.05, 0.1) is 18.2 Å². The number of carbonyl (C=O) groups is 1. The van der Waals surface area contributed by atoms with Crippen LogP contribution in [-0.4, -0.2) is 44.2 Å². The maximum absolute atomic E-state index is 12.6. The number of nitrogens with two attached hydrogens (primary N) is 1. The molecule has 5 nitrogen and oxygen atoms in total. The van der Waals surface area contributed by atoms with E-state index >= 15 is 0 Å². The summed E-state index contributed by atoms with van der Waals surface area (Å²) in [6.07, 6.45) is 1.88. The average Bonchev–Trinajstić information content (AvgIpc) is 3.01. The highest BCUT2D eigenvalue weighted by atomic mass is 79.9. The van der Waals surface area contributed by atoms with Crippen molar-refractivity contribution in [1.29, 1.82) is 0 Å². The third-order valence-electron chi connectivity index (χ3n) is 3.83. The molecule has 0 aliphatic carbocycles. The van der Waals surface area contributed by atoms with Crippen LogP contribution in [-0.2, 0) is 0 Å². The van der Waals surface area contributed by atoms with Crippen LogP contribution in [0.25, 0.3) is 0 Å². The summed E-state index contributed by atoms with van der Waals surface area (Å²) < 4.78 is 11.8. The fourth-order valence-electron chi connectivity index (χ4n) is 2.58. The van der Waals surface area contributed by atoms with Gasteiger partial charge in [-0.15, -0.1) is 0 Å². The topological polar surface area (TPSA) is 64.8 Å². The van der Waals surface area contributed by atoms with Crippen LogP contribution in [0.15, 0.2) is 16.6 Å². The van der Waals surface area contributed by atoms with Crippen LogP contribution in [0.3, 0.4) is 0 Å². The number of nitrogens with zero attached hydrogens (tertiary/aromatic N) is 1. The largest absolute Gasteiger partial charge is 0.493 e. The summed E-state index contributed by atoms with van der Waals surface area (Å²) in [5.41, 5.74) is 6.29.